The van der Waals surface area contributed by atoms with Gasteiger partial charge in [0.2, 0.25) is 5.91 Å². The number of nitrogens with zero attached hydrogens (tertiary/aromatic N) is 1. The van der Waals surface area contributed by atoms with Gasteiger partial charge in [-0.25, -0.2) is 0 Å². The molecule has 0 aromatic heterocycles. The van der Waals surface area contributed by atoms with E-state index in [0.29, 0.717) is 19.4 Å². The van der Waals surface area contributed by atoms with Gasteiger partial charge in [-0.3, -0.25) is 4.79 Å². The van der Waals surface area contributed by atoms with E-state index in [-0.39, 0.29) is 17.8 Å². The molecule has 0 spiro atoms. The number of hydrogen-bond acceptors (Lipinski definition) is 4. The Labute approximate surface area is 127 Å². The fraction of sp³-hybridized carbons (Fsp3) is 0.867. The van der Waals surface area contributed by atoms with E-state index in [1.165, 1.54) is 0 Å². The first-order valence-electron chi connectivity index (χ1n) is 7.88. The van der Waals surface area contributed by atoms with E-state index in [1.54, 1.807) is 7.11 Å². The zero-order valence-corrected chi connectivity index (χ0v) is 13.2. The van der Waals surface area contributed by atoms with Gasteiger partial charge >= 0.3 is 0 Å². The third-order valence-corrected chi connectivity index (χ3v) is 4.33. The normalized spacial score (nSPS) is 20.6. The van der Waals surface area contributed by atoms with Crippen molar-refractivity contribution in [3.05, 3.63) is 0 Å². The molecule has 0 aliphatic heterocycles. The van der Waals surface area contributed by atoms with Crippen LogP contribution in [0.4, 0.5) is 0 Å². The molecule has 122 valence electrons. The summed E-state index contributed by atoms with van der Waals surface area (Å²) in [6.45, 7) is 2.55. The summed E-state index contributed by atoms with van der Waals surface area (Å²) in [5, 5.41) is 15.3. The molecule has 0 saturated heterocycles. The lowest BCUT2D eigenvalue weighted by atomic mass is 9.78. The van der Waals surface area contributed by atoms with Crippen LogP contribution in [0, 0.1) is 5.41 Å². The van der Waals surface area contributed by atoms with Gasteiger partial charge in [0, 0.05) is 7.11 Å². The molecule has 0 aromatic carbocycles. The second-order valence-corrected chi connectivity index (χ2v) is 5.90. The first-order valence-corrected chi connectivity index (χ1v) is 7.88. The second-order valence-electron chi connectivity index (χ2n) is 5.90. The average molecular weight is 299 g/mol. The van der Waals surface area contributed by atoms with Gasteiger partial charge in [0.05, 0.1) is 12.6 Å². The first-order chi connectivity index (χ1) is 10.1. The van der Waals surface area contributed by atoms with Gasteiger partial charge < -0.3 is 21.0 Å². The van der Waals surface area contributed by atoms with Crippen LogP contribution >= 0.6 is 0 Å². The number of ether oxygens (including phenoxy) is 1. The number of carbonyl (C=O) groups is 1. The van der Waals surface area contributed by atoms with E-state index >= 15 is 0 Å². The van der Waals surface area contributed by atoms with Crippen molar-refractivity contribution in [1.82, 2.24) is 5.32 Å². The summed E-state index contributed by atoms with van der Waals surface area (Å²) < 4.78 is 5.16. The Hall–Kier alpha value is -1.30. The standard InChI is InChI=1S/C15H29N3O3/c1-3-8-12(11-21-2)17-14(19)15(13(16)18-20)9-6-4-5-7-10-15/h12,20H,3-11H2,1-2H3,(H2,16,18)(H,17,19). The minimum absolute atomic E-state index is 0.0286. The molecule has 1 aliphatic carbocycles. The molecule has 0 aromatic rings. The summed E-state index contributed by atoms with van der Waals surface area (Å²) in [4.78, 5) is 12.8. The van der Waals surface area contributed by atoms with Crippen molar-refractivity contribution in [3.8, 4) is 0 Å². The molecule has 1 amide bonds. The van der Waals surface area contributed by atoms with Gasteiger partial charge in [-0.2, -0.15) is 0 Å². The summed E-state index contributed by atoms with van der Waals surface area (Å²) in [6.07, 6.45) is 7.12. The Morgan fingerprint density at radius 3 is 2.48 bits per heavy atom. The van der Waals surface area contributed by atoms with Crippen molar-refractivity contribution in [3.63, 3.8) is 0 Å². The van der Waals surface area contributed by atoms with Crippen LogP contribution in [0.2, 0.25) is 0 Å². The zero-order chi connectivity index (χ0) is 15.7. The van der Waals surface area contributed by atoms with Crippen molar-refractivity contribution in [1.29, 1.82) is 0 Å². The summed E-state index contributed by atoms with van der Waals surface area (Å²) in [6, 6.07) is -0.0286. The monoisotopic (exact) mass is 299 g/mol. The molecule has 1 saturated carbocycles. The average Bonchev–Trinajstić information content (AvgIpc) is 2.73. The number of amidine groups is 1. The second kappa shape index (κ2) is 8.87. The molecule has 21 heavy (non-hydrogen) atoms. The largest absolute Gasteiger partial charge is 0.409 e. The minimum atomic E-state index is -0.870. The van der Waals surface area contributed by atoms with Crippen LogP contribution in [0.1, 0.15) is 58.3 Å². The quantitative estimate of drug-likeness (QED) is 0.220. The van der Waals surface area contributed by atoms with Crippen molar-refractivity contribution >= 4 is 11.7 Å². The first kappa shape index (κ1) is 17.8. The molecule has 0 bridgehead atoms. The molecule has 1 aliphatic rings. The molecule has 0 heterocycles. The van der Waals surface area contributed by atoms with E-state index in [1.807, 2.05) is 0 Å². The summed E-state index contributed by atoms with van der Waals surface area (Å²) in [5.74, 6) is -0.0928. The van der Waals surface area contributed by atoms with Crippen LogP contribution in [0.5, 0.6) is 0 Å². The highest BCUT2D eigenvalue weighted by Gasteiger charge is 2.43. The molecule has 4 N–H and O–H groups in total. The summed E-state index contributed by atoms with van der Waals surface area (Å²) >= 11 is 0. The summed E-state index contributed by atoms with van der Waals surface area (Å²) in [5.41, 5.74) is 5.01. The molecule has 6 heteroatoms. The highest BCUT2D eigenvalue weighted by Crippen LogP contribution is 2.35. The fourth-order valence-corrected chi connectivity index (χ4v) is 3.10. The van der Waals surface area contributed by atoms with Crippen LogP contribution in [0.3, 0.4) is 0 Å². The third kappa shape index (κ3) is 4.59. The highest BCUT2D eigenvalue weighted by molar-refractivity contribution is 6.06. The van der Waals surface area contributed by atoms with Gasteiger partial charge in [0.25, 0.3) is 0 Å². The van der Waals surface area contributed by atoms with Crippen molar-refractivity contribution in [2.45, 2.75) is 64.3 Å². The van der Waals surface area contributed by atoms with E-state index in [4.69, 9.17) is 15.7 Å². The number of rotatable bonds is 7. The molecule has 0 radical (unpaired) electrons. The number of nitrogens with one attached hydrogen (secondary N) is 1. The van der Waals surface area contributed by atoms with Crippen LogP contribution in [-0.4, -0.2) is 36.7 Å². The number of nitrogens with two attached hydrogens (primary N) is 1. The lowest BCUT2D eigenvalue weighted by Crippen LogP contribution is -2.53. The fourth-order valence-electron chi connectivity index (χ4n) is 3.10. The predicted molar refractivity (Wildman–Crippen MR) is 82.3 cm³/mol. The molecular formula is C15H29N3O3. The molecule has 1 fully saturated rings. The van der Waals surface area contributed by atoms with Gasteiger partial charge in [-0.05, 0) is 19.3 Å². The maximum absolute atomic E-state index is 12.8. The smallest absolute Gasteiger partial charge is 0.234 e. The molecule has 1 unspecified atom stereocenters. The Bertz CT molecular complexity index is 344. The number of methoxy groups -OCH3 is 1. The number of hydrogen-bond donors (Lipinski definition) is 3. The lowest BCUT2D eigenvalue weighted by Gasteiger charge is -2.32. The van der Waals surface area contributed by atoms with Gasteiger partial charge in [0.15, 0.2) is 5.84 Å². The molecule has 6 nitrogen and oxygen atoms in total. The Kier molecular flexibility index (Phi) is 7.50. The van der Waals surface area contributed by atoms with E-state index in [0.717, 1.165) is 38.5 Å². The van der Waals surface area contributed by atoms with Crippen molar-refractivity contribution in [2.75, 3.05) is 13.7 Å². The van der Waals surface area contributed by atoms with Gasteiger partial charge in [-0.15, -0.1) is 0 Å². The Morgan fingerprint density at radius 2 is 2.00 bits per heavy atom. The third-order valence-electron chi connectivity index (χ3n) is 4.33. The van der Waals surface area contributed by atoms with Gasteiger partial charge in [0.1, 0.15) is 5.41 Å². The van der Waals surface area contributed by atoms with E-state index in [2.05, 4.69) is 17.4 Å². The maximum Gasteiger partial charge on any atom is 0.234 e. The maximum atomic E-state index is 12.8. The number of amides is 1. The van der Waals surface area contributed by atoms with Crippen molar-refractivity contribution < 1.29 is 14.7 Å². The van der Waals surface area contributed by atoms with Crippen LogP contribution in [-0.2, 0) is 9.53 Å². The van der Waals surface area contributed by atoms with Crippen LogP contribution in [0.15, 0.2) is 5.16 Å². The molecular weight excluding hydrogens is 270 g/mol. The number of carbonyl (C=O) groups excluding carboxylic acids is 1. The SMILES string of the molecule is CCCC(COC)NC(=O)C1(C(N)=NO)CCCCCC1. The Balaban J connectivity index is 2.88. The lowest BCUT2D eigenvalue weighted by molar-refractivity contribution is -0.129. The minimum Gasteiger partial charge on any atom is -0.409 e. The zero-order valence-electron chi connectivity index (χ0n) is 13.2. The predicted octanol–water partition coefficient (Wildman–Crippen LogP) is 2.00. The van der Waals surface area contributed by atoms with E-state index in [9.17, 15) is 4.79 Å². The van der Waals surface area contributed by atoms with Crippen molar-refractivity contribution in [2.24, 2.45) is 16.3 Å². The Morgan fingerprint density at radius 1 is 1.38 bits per heavy atom. The highest BCUT2D eigenvalue weighted by atomic mass is 16.5. The van der Waals surface area contributed by atoms with Crippen LogP contribution in [0.25, 0.3) is 0 Å². The molecule has 1 atom stereocenters. The van der Waals surface area contributed by atoms with E-state index < -0.39 is 5.41 Å². The topological polar surface area (TPSA) is 96.9 Å². The molecule has 1 rings (SSSR count). The van der Waals surface area contributed by atoms with Gasteiger partial charge in [-0.1, -0.05) is 44.2 Å². The number of oxime groups is 1. The van der Waals surface area contributed by atoms with Crippen LogP contribution < -0.4 is 11.1 Å². The summed E-state index contributed by atoms with van der Waals surface area (Å²) in [7, 11) is 1.62.